The maximum absolute atomic E-state index is 10.9. The second-order valence-corrected chi connectivity index (χ2v) is 2.81. The van der Waals surface area contributed by atoms with Crippen LogP contribution >= 0.6 is 0 Å². The molecule has 0 aliphatic rings. The minimum atomic E-state index is -0.306. The van der Waals surface area contributed by atoms with Crippen molar-refractivity contribution < 1.29 is 9.53 Å². The van der Waals surface area contributed by atoms with Gasteiger partial charge in [-0.25, -0.2) is 4.79 Å². The third-order valence-corrected chi connectivity index (χ3v) is 1.59. The smallest absolute Gasteiger partial charge is 0.333 e. The van der Waals surface area contributed by atoms with Crippen LogP contribution in [0.5, 0.6) is 0 Å². The summed E-state index contributed by atoms with van der Waals surface area (Å²) in [5.41, 5.74) is 0.453. The van der Waals surface area contributed by atoms with Crippen LogP contribution in [-0.4, -0.2) is 37.6 Å². The summed E-state index contributed by atoms with van der Waals surface area (Å²) in [5, 5.41) is 0. The number of likely N-dealkylation sites (N-methyl/N-ethyl adjacent to an activating group) is 1. The normalized spacial score (nSPS) is 9.23. The lowest BCUT2D eigenvalue weighted by Gasteiger charge is -2.13. The summed E-state index contributed by atoms with van der Waals surface area (Å²) in [6.45, 7) is 9.36. The molecule has 3 nitrogen and oxygen atoms in total. The molecule has 78 valence electrons. The first-order valence-electron chi connectivity index (χ1n) is 4.09. The predicted octanol–water partition coefficient (Wildman–Crippen LogP) is 1.69. The van der Waals surface area contributed by atoms with Crippen molar-refractivity contribution in [2.45, 2.75) is 21.3 Å². The first-order valence-corrected chi connectivity index (χ1v) is 4.09. The van der Waals surface area contributed by atoms with Gasteiger partial charge in [0.15, 0.2) is 0 Å². The van der Waals surface area contributed by atoms with Crippen molar-refractivity contribution in [1.29, 1.82) is 0 Å². The minimum Gasteiger partial charge on any atom is -0.461 e. The zero-order valence-electron chi connectivity index (χ0n) is 8.09. The van der Waals surface area contributed by atoms with Crippen molar-refractivity contribution >= 4 is 5.97 Å². The number of nitrogens with zero attached hydrogens (tertiary/aromatic N) is 1. The summed E-state index contributed by atoms with van der Waals surface area (Å²) >= 11 is 0. The predicted molar refractivity (Wildman–Crippen MR) is 55.7 cm³/mol. The van der Waals surface area contributed by atoms with Crippen LogP contribution in [-0.2, 0) is 9.53 Å². The van der Waals surface area contributed by atoms with E-state index >= 15 is 0 Å². The van der Waals surface area contributed by atoms with E-state index in [4.69, 9.17) is 4.74 Å². The summed E-state index contributed by atoms with van der Waals surface area (Å²) in [5.74, 6) is -0.306. The van der Waals surface area contributed by atoms with Gasteiger partial charge in [-0.15, -0.1) is 0 Å². The van der Waals surface area contributed by atoms with E-state index in [9.17, 15) is 4.79 Å². The van der Waals surface area contributed by atoms with Gasteiger partial charge in [-0.2, -0.15) is 0 Å². The molecule has 0 N–H and O–H groups in total. The molecular formula is C10H21NO2. The van der Waals surface area contributed by atoms with Crippen LogP contribution in [0, 0.1) is 0 Å². The van der Waals surface area contributed by atoms with Gasteiger partial charge >= 0.3 is 5.97 Å². The van der Waals surface area contributed by atoms with Crippen molar-refractivity contribution in [2.24, 2.45) is 0 Å². The third-order valence-electron chi connectivity index (χ3n) is 1.59. The van der Waals surface area contributed by atoms with Crippen molar-refractivity contribution in [1.82, 2.24) is 4.90 Å². The van der Waals surface area contributed by atoms with Crippen LogP contribution in [0.4, 0.5) is 0 Å². The molecule has 0 aromatic heterocycles. The van der Waals surface area contributed by atoms with Crippen LogP contribution in [0.2, 0.25) is 0 Å². The number of rotatable bonds is 5. The van der Waals surface area contributed by atoms with Crippen LogP contribution < -0.4 is 0 Å². The molecule has 0 unspecified atom stereocenters. The Morgan fingerprint density at radius 1 is 1.54 bits per heavy atom. The van der Waals surface area contributed by atoms with Crippen LogP contribution in [0.25, 0.3) is 0 Å². The zero-order valence-corrected chi connectivity index (χ0v) is 8.09. The van der Waals surface area contributed by atoms with E-state index in [1.807, 2.05) is 7.05 Å². The summed E-state index contributed by atoms with van der Waals surface area (Å²) in [6, 6.07) is 0. The summed E-state index contributed by atoms with van der Waals surface area (Å²) < 4.78 is 4.90. The second kappa shape index (κ2) is 7.80. The van der Waals surface area contributed by atoms with Crippen molar-refractivity contribution in [3.8, 4) is 0 Å². The number of ether oxygens (including phenoxy) is 1. The van der Waals surface area contributed by atoms with E-state index in [0.717, 1.165) is 13.1 Å². The fraction of sp³-hybridized carbons (Fsp3) is 0.700. The molecule has 0 aromatic rings. The molecule has 0 bridgehead atoms. The standard InChI is InChI=1S/C9H17NO2.CH4/c1-5-10(4)6-7-12-9(11)8(2)3;/h2,5-7H2,1,3-4H3;1H4. The van der Waals surface area contributed by atoms with Gasteiger partial charge in [0.05, 0.1) is 0 Å². The number of esters is 1. The number of hydrogen-bond acceptors (Lipinski definition) is 3. The van der Waals surface area contributed by atoms with Crippen LogP contribution in [0.1, 0.15) is 21.3 Å². The summed E-state index contributed by atoms with van der Waals surface area (Å²) in [6.07, 6.45) is 0. The van der Waals surface area contributed by atoms with Gasteiger partial charge < -0.3 is 9.64 Å². The number of carbonyl (C=O) groups excluding carboxylic acids is 1. The van der Waals surface area contributed by atoms with Gasteiger partial charge in [-0.3, -0.25) is 0 Å². The van der Waals surface area contributed by atoms with E-state index in [1.165, 1.54) is 0 Å². The Labute approximate surface area is 81.4 Å². The largest absolute Gasteiger partial charge is 0.461 e. The third kappa shape index (κ3) is 7.53. The van der Waals surface area contributed by atoms with Crippen molar-refractivity contribution in [3.63, 3.8) is 0 Å². The lowest BCUT2D eigenvalue weighted by Crippen LogP contribution is -2.24. The van der Waals surface area contributed by atoms with E-state index in [2.05, 4.69) is 18.4 Å². The van der Waals surface area contributed by atoms with Gasteiger partial charge in [0.2, 0.25) is 0 Å². The highest BCUT2D eigenvalue weighted by molar-refractivity contribution is 5.86. The molecule has 0 atom stereocenters. The second-order valence-electron chi connectivity index (χ2n) is 2.81. The van der Waals surface area contributed by atoms with Gasteiger partial charge in [0, 0.05) is 12.1 Å². The number of carbonyl (C=O) groups is 1. The molecule has 0 saturated heterocycles. The summed E-state index contributed by atoms with van der Waals surface area (Å²) in [4.78, 5) is 12.9. The molecule has 0 aromatic carbocycles. The molecule has 0 spiro atoms. The molecule has 0 radical (unpaired) electrons. The number of hydrogen-bond donors (Lipinski definition) is 0. The first kappa shape index (κ1) is 14.7. The Morgan fingerprint density at radius 2 is 2.08 bits per heavy atom. The van der Waals surface area contributed by atoms with Gasteiger partial charge in [0.1, 0.15) is 6.61 Å². The quantitative estimate of drug-likeness (QED) is 0.484. The van der Waals surface area contributed by atoms with E-state index in [0.29, 0.717) is 12.2 Å². The monoisotopic (exact) mass is 187 g/mol. The Balaban J connectivity index is 0. The van der Waals surface area contributed by atoms with E-state index in [-0.39, 0.29) is 13.4 Å². The Bertz CT molecular complexity index is 166. The molecule has 0 aliphatic carbocycles. The minimum absolute atomic E-state index is 0. The topological polar surface area (TPSA) is 29.5 Å². The molecule has 13 heavy (non-hydrogen) atoms. The first-order chi connectivity index (χ1) is 5.57. The van der Waals surface area contributed by atoms with Gasteiger partial charge in [0.25, 0.3) is 0 Å². The molecule has 3 heteroatoms. The molecule has 0 rings (SSSR count). The van der Waals surface area contributed by atoms with Crippen LogP contribution in [0.3, 0.4) is 0 Å². The van der Waals surface area contributed by atoms with Gasteiger partial charge in [-0.1, -0.05) is 20.9 Å². The molecular weight excluding hydrogens is 166 g/mol. The average Bonchev–Trinajstić information content (AvgIpc) is 2.03. The zero-order chi connectivity index (χ0) is 9.56. The van der Waals surface area contributed by atoms with Crippen molar-refractivity contribution in [3.05, 3.63) is 12.2 Å². The molecule has 0 aliphatic heterocycles. The lowest BCUT2D eigenvalue weighted by molar-refractivity contribution is -0.139. The Kier molecular flexibility index (Phi) is 8.81. The molecule has 0 fully saturated rings. The lowest BCUT2D eigenvalue weighted by atomic mass is 10.4. The Morgan fingerprint density at radius 3 is 2.46 bits per heavy atom. The highest BCUT2D eigenvalue weighted by Crippen LogP contribution is 1.91. The molecule has 0 amide bonds. The molecule has 0 heterocycles. The summed E-state index contributed by atoms with van der Waals surface area (Å²) in [7, 11) is 1.98. The Hall–Kier alpha value is -0.830. The molecule has 0 saturated carbocycles. The van der Waals surface area contributed by atoms with Crippen molar-refractivity contribution in [2.75, 3.05) is 26.7 Å². The SMILES string of the molecule is C.C=C(C)C(=O)OCCN(C)CC. The highest BCUT2D eigenvalue weighted by Gasteiger charge is 2.02. The highest BCUT2D eigenvalue weighted by atomic mass is 16.5. The van der Waals surface area contributed by atoms with E-state index in [1.54, 1.807) is 6.92 Å². The maximum Gasteiger partial charge on any atom is 0.333 e. The van der Waals surface area contributed by atoms with Gasteiger partial charge in [-0.05, 0) is 20.5 Å². The van der Waals surface area contributed by atoms with E-state index < -0.39 is 0 Å². The van der Waals surface area contributed by atoms with Crippen LogP contribution in [0.15, 0.2) is 12.2 Å². The fourth-order valence-corrected chi connectivity index (χ4v) is 0.575. The maximum atomic E-state index is 10.9. The fourth-order valence-electron chi connectivity index (χ4n) is 0.575. The average molecular weight is 187 g/mol.